The maximum Gasteiger partial charge on any atom is 0.254 e. The van der Waals surface area contributed by atoms with E-state index >= 15 is 0 Å². The number of rotatable bonds is 6. The second kappa shape index (κ2) is 8.44. The molecule has 0 saturated heterocycles. The van der Waals surface area contributed by atoms with Gasteiger partial charge in [-0.2, -0.15) is 0 Å². The number of hydrogen-bond acceptors (Lipinski definition) is 5. The molecule has 0 radical (unpaired) electrons. The minimum atomic E-state index is 0.0264. The Morgan fingerprint density at radius 3 is 2.82 bits per heavy atom. The molecular formula is C22H22N2O3S. The van der Waals surface area contributed by atoms with Crippen molar-refractivity contribution in [2.75, 3.05) is 13.2 Å². The van der Waals surface area contributed by atoms with Crippen LogP contribution in [0.4, 0.5) is 0 Å². The molecule has 1 aliphatic rings. The smallest absolute Gasteiger partial charge is 0.254 e. The number of benzene rings is 1. The molecule has 144 valence electrons. The van der Waals surface area contributed by atoms with Crippen molar-refractivity contribution in [1.82, 2.24) is 9.88 Å². The van der Waals surface area contributed by atoms with Gasteiger partial charge < -0.3 is 14.4 Å². The minimum Gasteiger partial charge on any atom is -0.490 e. The minimum absolute atomic E-state index is 0.0264. The summed E-state index contributed by atoms with van der Waals surface area (Å²) in [5, 5.41) is 2.10. The SMILES string of the molecule is CCOc1cc(C(=O)N2CCc3sccc3C2)ccc1OCc1ccncc1. The Hall–Kier alpha value is -2.86. The van der Waals surface area contributed by atoms with Crippen molar-refractivity contribution in [3.05, 3.63) is 75.7 Å². The van der Waals surface area contributed by atoms with Crippen molar-refractivity contribution >= 4 is 17.2 Å². The molecule has 0 bridgehead atoms. The van der Waals surface area contributed by atoms with Gasteiger partial charge in [-0.3, -0.25) is 9.78 Å². The predicted molar refractivity (Wildman–Crippen MR) is 109 cm³/mol. The molecule has 0 N–H and O–H groups in total. The summed E-state index contributed by atoms with van der Waals surface area (Å²) in [6, 6.07) is 11.4. The van der Waals surface area contributed by atoms with Gasteiger partial charge in [0.05, 0.1) is 6.61 Å². The lowest BCUT2D eigenvalue weighted by molar-refractivity contribution is 0.0735. The monoisotopic (exact) mass is 394 g/mol. The van der Waals surface area contributed by atoms with E-state index < -0.39 is 0 Å². The second-order valence-electron chi connectivity index (χ2n) is 6.58. The Morgan fingerprint density at radius 1 is 1.14 bits per heavy atom. The molecular weight excluding hydrogens is 372 g/mol. The van der Waals surface area contributed by atoms with Crippen LogP contribution in [0, 0.1) is 0 Å². The molecule has 0 unspecified atom stereocenters. The third kappa shape index (κ3) is 4.02. The summed E-state index contributed by atoms with van der Waals surface area (Å²) in [7, 11) is 0. The maximum atomic E-state index is 13.0. The Morgan fingerprint density at radius 2 is 2.00 bits per heavy atom. The van der Waals surface area contributed by atoms with Gasteiger partial charge in [-0.1, -0.05) is 0 Å². The maximum absolute atomic E-state index is 13.0. The lowest BCUT2D eigenvalue weighted by Gasteiger charge is -2.27. The highest BCUT2D eigenvalue weighted by Crippen LogP contribution is 2.31. The number of ether oxygens (including phenoxy) is 2. The number of aromatic nitrogens is 1. The zero-order chi connectivity index (χ0) is 19.3. The van der Waals surface area contributed by atoms with Crippen LogP contribution in [0.15, 0.2) is 54.2 Å². The Labute approximate surface area is 168 Å². The Kier molecular flexibility index (Phi) is 5.58. The molecule has 4 rings (SSSR count). The molecule has 6 heteroatoms. The summed E-state index contributed by atoms with van der Waals surface area (Å²) >= 11 is 1.77. The van der Waals surface area contributed by atoms with E-state index in [9.17, 15) is 4.79 Å². The van der Waals surface area contributed by atoms with Crippen molar-refractivity contribution in [1.29, 1.82) is 0 Å². The predicted octanol–water partition coefficient (Wildman–Crippen LogP) is 4.32. The van der Waals surface area contributed by atoms with Crippen LogP contribution in [0.3, 0.4) is 0 Å². The first-order valence-electron chi connectivity index (χ1n) is 9.37. The van der Waals surface area contributed by atoms with E-state index in [1.54, 1.807) is 29.8 Å². The van der Waals surface area contributed by atoms with E-state index in [2.05, 4.69) is 16.4 Å². The van der Waals surface area contributed by atoms with Crippen LogP contribution in [-0.2, 0) is 19.6 Å². The van der Waals surface area contributed by atoms with Gasteiger partial charge in [0, 0.05) is 35.9 Å². The first-order chi connectivity index (χ1) is 13.7. The lowest BCUT2D eigenvalue weighted by Crippen LogP contribution is -2.35. The molecule has 2 aromatic heterocycles. The van der Waals surface area contributed by atoms with E-state index in [0.29, 0.717) is 36.8 Å². The first kappa shape index (κ1) is 18.5. The van der Waals surface area contributed by atoms with E-state index in [-0.39, 0.29) is 5.91 Å². The first-order valence-corrected chi connectivity index (χ1v) is 10.3. The Bertz CT molecular complexity index is 955. The van der Waals surface area contributed by atoms with Gasteiger partial charge in [-0.15, -0.1) is 11.3 Å². The number of hydrogen-bond donors (Lipinski definition) is 0. The molecule has 0 spiro atoms. The number of nitrogens with zero attached hydrogens (tertiary/aromatic N) is 2. The highest BCUT2D eigenvalue weighted by Gasteiger charge is 2.23. The zero-order valence-electron chi connectivity index (χ0n) is 15.8. The van der Waals surface area contributed by atoms with Gasteiger partial charge in [0.2, 0.25) is 0 Å². The van der Waals surface area contributed by atoms with Gasteiger partial charge in [-0.05, 0) is 66.2 Å². The molecule has 1 amide bonds. The van der Waals surface area contributed by atoms with Gasteiger partial charge >= 0.3 is 0 Å². The number of fused-ring (bicyclic) bond motifs is 1. The normalized spacial score (nSPS) is 13.1. The molecule has 0 saturated carbocycles. The van der Waals surface area contributed by atoms with E-state index in [4.69, 9.17) is 9.47 Å². The van der Waals surface area contributed by atoms with Crippen LogP contribution < -0.4 is 9.47 Å². The Balaban J connectivity index is 1.50. The summed E-state index contributed by atoms with van der Waals surface area (Å²) in [5.74, 6) is 1.25. The molecule has 3 heterocycles. The second-order valence-corrected chi connectivity index (χ2v) is 7.59. The number of carbonyl (C=O) groups is 1. The van der Waals surface area contributed by atoms with Crippen LogP contribution in [0.5, 0.6) is 11.5 Å². The molecule has 0 fully saturated rings. The number of thiophene rings is 1. The van der Waals surface area contributed by atoms with Gasteiger partial charge in [0.1, 0.15) is 6.61 Å². The van der Waals surface area contributed by atoms with Crippen LogP contribution >= 0.6 is 11.3 Å². The van der Waals surface area contributed by atoms with Crippen LogP contribution in [0.2, 0.25) is 0 Å². The van der Waals surface area contributed by atoms with Gasteiger partial charge in [0.25, 0.3) is 5.91 Å². The largest absolute Gasteiger partial charge is 0.490 e. The summed E-state index contributed by atoms with van der Waals surface area (Å²) < 4.78 is 11.7. The van der Waals surface area contributed by atoms with E-state index in [1.807, 2.05) is 36.1 Å². The van der Waals surface area contributed by atoms with E-state index in [1.165, 1.54) is 10.4 Å². The molecule has 0 aliphatic carbocycles. The molecule has 5 nitrogen and oxygen atoms in total. The van der Waals surface area contributed by atoms with Crippen molar-refractivity contribution in [3.63, 3.8) is 0 Å². The van der Waals surface area contributed by atoms with Crippen molar-refractivity contribution in [2.45, 2.75) is 26.5 Å². The summed E-state index contributed by atoms with van der Waals surface area (Å²) in [5.41, 5.74) is 2.91. The van der Waals surface area contributed by atoms with Crippen molar-refractivity contribution < 1.29 is 14.3 Å². The van der Waals surface area contributed by atoms with Crippen molar-refractivity contribution in [2.24, 2.45) is 0 Å². The molecule has 28 heavy (non-hydrogen) atoms. The van der Waals surface area contributed by atoms with Gasteiger partial charge in [-0.25, -0.2) is 0 Å². The van der Waals surface area contributed by atoms with Crippen LogP contribution in [0.25, 0.3) is 0 Å². The molecule has 0 atom stereocenters. The summed E-state index contributed by atoms with van der Waals surface area (Å²) in [6.07, 6.45) is 4.40. The highest BCUT2D eigenvalue weighted by molar-refractivity contribution is 7.10. The average Bonchev–Trinajstić information content (AvgIpc) is 3.21. The lowest BCUT2D eigenvalue weighted by atomic mass is 10.1. The molecule has 3 aromatic rings. The summed E-state index contributed by atoms with van der Waals surface area (Å²) in [4.78, 5) is 20.3. The van der Waals surface area contributed by atoms with Crippen LogP contribution in [0.1, 0.15) is 33.3 Å². The fraction of sp³-hybridized carbons (Fsp3) is 0.273. The quantitative estimate of drug-likeness (QED) is 0.625. The number of pyridine rings is 1. The third-order valence-electron chi connectivity index (χ3n) is 4.73. The number of carbonyl (C=O) groups excluding carboxylic acids is 1. The average molecular weight is 394 g/mol. The topological polar surface area (TPSA) is 51.7 Å². The number of amides is 1. The van der Waals surface area contributed by atoms with Crippen LogP contribution in [-0.4, -0.2) is 28.9 Å². The molecule has 1 aromatic carbocycles. The summed E-state index contributed by atoms with van der Waals surface area (Å²) in [6.45, 7) is 4.26. The van der Waals surface area contributed by atoms with E-state index in [0.717, 1.165) is 18.5 Å². The highest BCUT2D eigenvalue weighted by atomic mass is 32.1. The van der Waals surface area contributed by atoms with Gasteiger partial charge in [0.15, 0.2) is 11.5 Å². The fourth-order valence-electron chi connectivity index (χ4n) is 3.27. The third-order valence-corrected chi connectivity index (χ3v) is 5.75. The standard InChI is InChI=1S/C22H22N2O3S/c1-2-26-20-13-17(3-4-19(20)27-15-16-5-9-23-10-6-16)22(25)24-11-7-21-18(14-24)8-12-28-21/h3-6,8-10,12-13H,2,7,11,14-15H2,1H3. The zero-order valence-corrected chi connectivity index (χ0v) is 16.6. The molecule has 1 aliphatic heterocycles. The fourth-order valence-corrected chi connectivity index (χ4v) is 4.16. The van der Waals surface area contributed by atoms with Crippen molar-refractivity contribution in [3.8, 4) is 11.5 Å².